The van der Waals surface area contributed by atoms with E-state index in [-0.39, 0.29) is 17.7 Å². The highest BCUT2D eigenvalue weighted by atomic mass is 32.2. The molecule has 1 unspecified atom stereocenters. The van der Waals surface area contributed by atoms with E-state index >= 15 is 0 Å². The molecular formula is C27H28N2O3S. The lowest BCUT2D eigenvalue weighted by Crippen LogP contribution is -2.34. The predicted octanol–water partition coefficient (Wildman–Crippen LogP) is 4.86. The van der Waals surface area contributed by atoms with Gasteiger partial charge in [0.1, 0.15) is 0 Å². The molecule has 0 bridgehead atoms. The van der Waals surface area contributed by atoms with Gasteiger partial charge in [0.2, 0.25) is 10.0 Å². The lowest BCUT2D eigenvalue weighted by atomic mass is 10.0. The van der Waals surface area contributed by atoms with Crippen LogP contribution in [0.3, 0.4) is 0 Å². The maximum Gasteiger partial charge on any atom is 0.254 e. The number of carbonyl (C=O) groups excluding carboxylic acids is 1. The molecule has 3 aromatic rings. The van der Waals surface area contributed by atoms with Crippen molar-refractivity contribution in [2.75, 3.05) is 16.6 Å². The normalized spacial score (nSPS) is 18.8. The van der Waals surface area contributed by atoms with E-state index < -0.39 is 10.0 Å². The summed E-state index contributed by atoms with van der Waals surface area (Å²) in [6.45, 7) is 3.02. The molecule has 5 rings (SSSR count). The van der Waals surface area contributed by atoms with Gasteiger partial charge in [-0.25, -0.2) is 8.42 Å². The number of amides is 1. The van der Waals surface area contributed by atoms with E-state index in [1.54, 1.807) is 24.3 Å². The maximum absolute atomic E-state index is 13.9. The molecule has 3 aromatic carbocycles. The number of aryl methyl sites for hydroxylation is 2. The van der Waals surface area contributed by atoms with Crippen molar-refractivity contribution in [3.8, 4) is 0 Å². The van der Waals surface area contributed by atoms with E-state index in [0.717, 1.165) is 18.4 Å². The average Bonchev–Trinajstić information content (AvgIpc) is 3.41. The van der Waals surface area contributed by atoms with E-state index in [0.29, 0.717) is 30.8 Å². The van der Waals surface area contributed by atoms with Crippen molar-refractivity contribution in [1.82, 2.24) is 4.90 Å². The minimum atomic E-state index is -3.30. The minimum Gasteiger partial charge on any atom is -0.327 e. The van der Waals surface area contributed by atoms with Crippen molar-refractivity contribution in [2.45, 2.75) is 38.8 Å². The molecule has 0 aromatic heterocycles. The van der Waals surface area contributed by atoms with Crippen LogP contribution in [0.25, 0.3) is 0 Å². The van der Waals surface area contributed by atoms with Gasteiger partial charge >= 0.3 is 0 Å². The lowest BCUT2D eigenvalue weighted by molar-refractivity contribution is 0.0658. The fraction of sp³-hybridized carbons (Fsp3) is 0.296. The Labute approximate surface area is 195 Å². The molecule has 0 saturated carbocycles. The predicted molar refractivity (Wildman–Crippen MR) is 131 cm³/mol. The molecule has 0 N–H and O–H groups in total. The first-order valence-electron chi connectivity index (χ1n) is 11.5. The van der Waals surface area contributed by atoms with Crippen molar-refractivity contribution in [1.29, 1.82) is 0 Å². The second-order valence-electron chi connectivity index (χ2n) is 8.96. The summed E-state index contributed by atoms with van der Waals surface area (Å²) in [7, 11) is -3.30. The molecule has 33 heavy (non-hydrogen) atoms. The van der Waals surface area contributed by atoms with Crippen molar-refractivity contribution < 1.29 is 13.2 Å². The van der Waals surface area contributed by atoms with Gasteiger partial charge < -0.3 is 4.90 Å². The Bertz CT molecular complexity index is 1280. The number of hydrogen-bond acceptors (Lipinski definition) is 3. The standard InChI is InChI=1S/C27H28N2O3S/c1-20-10-12-21(13-11-20)19-28(26-15-14-22-6-2-3-9-25(22)26)27(30)23-7-4-8-24(18-23)29-16-5-17-33(29,31)32/h2-4,6-13,18,26H,5,14-17,19H2,1H3. The Balaban J connectivity index is 1.51. The smallest absolute Gasteiger partial charge is 0.254 e. The summed E-state index contributed by atoms with van der Waals surface area (Å²) in [4.78, 5) is 15.9. The van der Waals surface area contributed by atoms with Crippen LogP contribution in [-0.4, -0.2) is 31.5 Å². The SMILES string of the molecule is Cc1ccc(CN(C(=O)c2cccc(N3CCCS3(=O)=O)c2)C2CCc3ccccc32)cc1. The fourth-order valence-corrected chi connectivity index (χ4v) is 6.52. The van der Waals surface area contributed by atoms with Gasteiger partial charge in [0.25, 0.3) is 5.91 Å². The third kappa shape index (κ3) is 4.27. The van der Waals surface area contributed by atoms with Gasteiger partial charge in [-0.2, -0.15) is 0 Å². The van der Waals surface area contributed by atoms with Gasteiger partial charge in [0.15, 0.2) is 0 Å². The summed E-state index contributed by atoms with van der Waals surface area (Å²) < 4.78 is 26.3. The zero-order valence-corrected chi connectivity index (χ0v) is 19.6. The second-order valence-corrected chi connectivity index (χ2v) is 11.0. The third-order valence-electron chi connectivity index (χ3n) is 6.69. The molecular weight excluding hydrogens is 432 g/mol. The highest BCUT2D eigenvalue weighted by Gasteiger charge is 2.33. The van der Waals surface area contributed by atoms with Crippen LogP contribution in [0.15, 0.2) is 72.8 Å². The largest absolute Gasteiger partial charge is 0.327 e. The first-order valence-corrected chi connectivity index (χ1v) is 13.1. The van der Waals surface area contributed by atoms with E-state index in [2.05, 4.69) is 43.3 Å². The van der Waals surface area contributed by atoms with Crippen LogP contribution in [0, 0.1) is 6.92 Å². The van der Waals surface area contributed by atoms with Gasteiger partial charge in [0.05, 0.1) is 17.5 Å². The Morgan fingerprint density at radius 2 is 1.82 bits per heavy atom. The first kappa shape index (κ1) is 21.7. The van der Waals surface area contributed by atoms with Gasteiger partial charge in [0, 0.05) is 18.7 Å². The molecule has 1 amide bonds. The van der Waals surface area contributed by atoms with Crippen molar-refractivity contribution in [2.24, 2.45) is 0 Å². The fourth-order valence-electron chi connectivity index (χ4n) is 4.96. The molecule has 1 heterocycles. The molecule has 1 aliphatic heterocycles. The molecule has 0 radical (unpaired) electrons. The van der Waals surface area contributed by atoms with Crippen molar-refractivity contribution in [3.05, 3.63) is 101 Å². The van der Waals surface area contributed by atoms with Crippen LogP contribution in [-0.2, 0) is 23.0 Å². The average molecular weight is 461 g/mol. The van der Waals surface area contributed by atoms with E-state index in [9.17, 15) is 13.2 Å². The second kappa shape index (κ2) is 8.67. The van der Waals surface area contributed by atoms with Gasteiger partial charge in [-0.3, -0.25) is 9.10 Å². The Morgan fingerprint density at radius 1 is 1.03 bits per heavy atom. The van der Waals surface area contributed by atoms with Crippen LogP contribution in [0.2, 0.25) is 0 Å². The van der Waals surface area contributed by atoms with Crippen molar-refractivity contribution in [3.63, 3.8) is 0 Å². The summed E-state index contributed by atoms with van der Waals surface area (Å²) in [6, 6.07) is 23.7. The van der Waals surface area contributed by atoms with Crippen molar-refractivity contribution >= 4 is 21.6 Å². The Morgan fingerprint density at radius 3 is 2.58 bits per heavy atom. The summed E-state index contributed by atoms with van der Waals surface area (Å²) in [6.07, 6.45) is 2.45. The number of rotatable bonds is 5. The molecule has 1 aliphatic carbocycles. The Kier molecular flexibility index (Phi) is 5.71. The van der Waals surface area contributed by atoms with E-state index in [4.69, 9.17) is 0 Å². The summed E-state index contributed by atoms with van der Waals surface area (Å²) >= 11 is 0. The number of benzene rings is 3. The zero-order chi connectivity index (χ0) is 23.0. The molecule has 2 aliphatic rings. The van der Waals surface area contributed by atoms with Gasteiger partial charge in [-0.15, -0.1) is 0 Å². The minimum absolute atomic E-state index is 0.00539. The number of anilines is 1. The molecule has 170 valence electrons. The van der Waals surface area contributed by atoms with Crippen LogP contribution >= 0.6 is 0 Å². The summed E-state index contributed by atoms with van der Waals surface area (Å²) in [5, 5.41) is 0. The Hall–Kier alpha value is -3.12. The summed E-state index contributed by atoms with van der Waals surface area (Å²) in [5.74, 6) is 0.0829. The molecule has 1 saturated heterocycles. The quantitative estimate of drug-likeness (QED) is 0.546. The number of hydrogen-bond donors (Lipinski definition) is 0. The zero-order valence-electron chi connectivity index (χ0n) is 18.8. The highest BCUT2D eigenvalue weighted by molar-refractivity contribution is 7.93. The van der Waals surface area contributed by atoms with E-state index in [1.165, 1.54) is 21.0 Å². The first-order chi connectivity index (χ1) is 15.9. The van der Waals surface area contributed by atoms with Crippen LogP contribution in [0.5, 0.6) is 0 Å². The number of sulfonamides is 1. The molecule has 1 fully saturated rings. The lowest BCUT2D eigenvalue weighted by Gasteiger charge is -2.30. The van der Waals surface area contributed by atoms with Gasteiger partial charge in [-0.1, -0.05) is 60.2 Å². The summed E-state index contributed by atoms with van der Waals surface area (Å²) in [5.41, 5.74) is 5.85. The molecule has 0 spiro atoms. The van der Waals surface area contributed by atoms with E-state index in [1.807, 2.05) is 17.0 Å². The molecule has 6 heteroatoms. The number of carbonyl (C=O) groups is 1. The van der Waals surface area contributed by atoms with Crippen LogP contribution in [0.1, 0.15) is 51.5 Å². The monoisotopic (exact) mass is 460 g/mol. The van der Waals surface area contributed by atoms with Crippen LogP contribution < -0.4 is 4.31 Å². The topological polar surface area (TPSA) is 57.7 Å². The third-order valence-corrected chi connectivity index (χ3v) is 8.56. The molecule has 1 atom stereocenters. The number of fused-ring (bicyclic) bond motifs is 1. The highest BCUT2D eigenvalue weighted by Crippen LogP contribution is 2.37. The molecule has 5 nitrogen and oxygen atoms in total. The van der Waals surface area contributed by atoms with Gasteiger partial charge in [-0.05, 0) is 61.1 Å². The van der Waals surface area contributed by atoms with Crippen LogP contribution in [0.4, 0.5) is 5.69 Å². The maximum atomic E-state index is 13.9. The number of nitrogens with zero attached hydrogens (tertiary/aromatic N) is 2.